The minimum Gasteiger partial charge on any atom is -0.379 e. The van der Waals surface area contributed by atoms with E-state index in [0.29, 0.717) is 12.5 Å². The Kier molecular flexibility index (Phi) is 11.7. The van der Waals surface area contributed by atoms with Crippen molar-refractivity contribution in [2.24, 2.45) is 16.3 Å². The highest BCUT2D eigenvalue weighted by atomic mass is 127. The fraction of sp³-hybridized carbons (Fsp3) is 0.720. The zero-order chi connectivity index (χ0) is 22.1. The number of benzene rings is 1. The maximum absolute atomic E-state index is 6.13. The third-order valence-electron chi connectivity index (χ3n) is 6.13. The van der Waals surface area contributed by atoms with Gasteiger partial charge in [-0.3, -0.25) is 4.90 Å². The van der Waals surface area contributed by atoms with Crippen LogP contribution in [0.3, 0.4) is 0 Å². The van der Waals surface area contributed by atoms with Crippen LogP contribution in [0, 0.1) is 11.3 Å². The zero-order valence-corrected chi connectivity index (χ0v) is 22.7. The lowest BCUT2D eigenvalue weighted by molar-refractivity contribution is -0.0835. The number of hydrogen-bond acceptors (Lipinski definition) is 4. The highest BCUT2D eigenvalue weighted by Gasteiger charge is 2.35. The van der Waals surface area contributed by atoms with Gasteiger partial charge in [0.15, 0.2) is 5.96 Å². The maximum Gasteiger partial charge on any atom is 0.191 e. The van der Waals surface area contributed by atoms with E-state index in [1.807, 2.05) is 0 Å². The molecule has 0 spiro atoms. The topological polar surface area (TPSA) is 58.1 Å². The molecule has 0 amide bonds. The van der Waals surface area contributed by atoms with Gasteiger partial charge < -0.3 is 20.1 Å². The Hall–Kier alpha value is -0.900. The van der Waals surface area contributed by atoms with Crippen LogP contribution in [-0.4, -0.2) is 63.0 Å². The fourth-order valence-corrected chi connectivity index (χ4v) is 4.52. The molecule has 3 rings (SSSR count). The largest absolute Gasteiger partial charge is 0.379 e. The highest BCUT2D eigenvalue weighted by molar-refractivity contribution is 14.0. The van der Waals surface area contributed by atoms with Crippen LogP contribution >= 0.6 is 24.0 Å². The van der Waals surface area contributed by atoms with Crippen LogP contribution in [0.25, 0.3) is 0 Å². The molecule has 7 heteroatoms. The van der Waals surface area contributed by atoms with E-state index in [4.69, 9.17) is 14.5 Å². The molecule has 182 valence electrons. The summed E-state index contributed by atoms with van der Waals surface area (Å²) in [6.45, 7) is 17.0. The fourth-order valence-electron chi connectivity index (χ4n) is 4.52. The minimum atomic E-state index is 0. The molecule has 0 saturated carbocycles. The maximum atomic E-state index is 6.13. The SMILES string of the molecule is CCNC(=NCc1ccc(CN2CCOCC2)cc1)NCC1CCCOC1C(C)(C)C.I. The van der Waals surface area contributed by atoms with Gasteiger partial charge in [-0.1, -0.05) is 45.0 Å². The summed E-state index contributed by atoms with van der Waals surface area (Å²) in [6, 6.07) is 8.86. The lowest BCUT2D eigenvalue weighted by Gasteiger charge is -2.40. The molecule has 1 aromatic rings. The first kappa shape index (κ1) is 27.3. The molecule has 0 bridgehead atoms. The Morgan fingerprint density at radius 2 is 1.75 bits per heavy atom. The summed E-state index contributed by atoms with van der Waals surface area (Å²) in [4.78, 5) is 7.28. The van der Waals surface area contributed by atoms with Crippen molar-refractivity contribution in [3.8, 4) is 0 Å². The second kappa shape index (κ2) is 13.7. The smallest absolute Gasteiger partial charge is 0.191 e. The first-order valence-corrected chi connectivity index (χ1v) is 12.0. The van der Waals surface area contributed by atoms with Crippen LogP contribution in [0.15, 0.2) is 29.3 Å². The lowest BCUT2D eigenvalue weighted by atomic mass is 9.78. The van der Waals surface area contributed by atoms with E-state index in [0.717, 1.165) is 64.9 Å². The van der Waals surface area contributed by atoms with Crippen molar-refractivity contribution >= 4 is 29.9 Å². The van der Waals surface area contributed by atoms with E-state index in [2.05, 4.69) is 67.5 Å². The van der Waals surface area contributed by atoms with Crippen LogP contribution in [-0.2, 0) is 22.6 Å². The van der Waals surface area contributed by atoms with Crippen molar-refractivity contribution in [2.45, 2.75) is 59.7 Å². The molecule has 2 saturated heterocycles. The molecule has 0 aliphatic carbocycles. The van der Waals surface area contributed by atoms with E-state index in [1.54, 1.807) is 0 Å². The second-order valence-electron chi connectivity index (χ2n) is 9.84. The third-order valence-corrected chi connectivity index (χ3v) is 6.13. The standard InChI is InChI=1S/C25H42N4O2.HI/c1-5-26-24(28-18-22-7-6-14-31-23(22)25(2,3)4)27-17-20-8-10-21(11-9-20)19-29-12-15-30-16-13-29;/h8-11,22-23H,5-7,12-19H2,1-4H3,(H2,26,27,28);1H. The number of nitrogens with zero attached hydrogens (tertiary/aromatic N) is 2. The van der Waals surface area contributed by atoms with Crippen molar-refractivity contribution in [3.63, 3.8) is 0 Å². The second-order valence-corrected chi connectivity index (χ2v) is 9.84. The molecule has 1 aromatic carbocycles. The summed E-state index contributed by atoms with van der Waals surface area (Å²) < 4.78 is 11.6. The van der Waals surface area contributed by atoms with Gasteiger partial charge in [-0.25, -0.2) is 4.99 Å². The first-order valence-electron chi connectivity index (χ1n) is 12.0. The normalized spacial score (nSPS) is 22.8. The quantitative estimate of drug-likeness (QED) is 0.301. The van der Waals surface area contributed by atoms with Gasteiger partial charge in [-0.05, 0) is 36.3 Å². The van der Waals surface area contributed by atoms with E-state index >= 15 is 0 Å². The average molecular weight is 559 g/mol. The summed E-state index contributed by atoms with van der Waals surface area (Å²) >= 11 is 0. The average Bonchev–Trinajstić information content (AvgIpc) is 2.77. The summed E-state index contributed by atoms with van der Waals surface area (Å²) in [5, 5.41) is 6.96. The summed E-state index contributed by atoms with van der Waals surface area (Å²) in [5.74, 6) is 1.40. The molecule has 2 aliphatic rings. The molecule has 6 nitrogen and oxygen atoms in total. The molecular weight excluding hydrogens is 515 g/mol. The number of aliphatic imine (C=N–C) groups is 1. The summed E-state index contributed by atoms with van der Waals surface area (Å²) in [7, 11) is 0. The number of morpholine rings is 1. The third kappa shape index (κ3) is 8.80. The predicted molar refractivity (Wildman–Crippen MR) is 143 cm³/mol. The van der Waals surface area contributed by atoms with Crippen molar-refractivity contribution in [3.05, 3.63) is 35.4 Å². The summed E-state index contributed by atoms with van der Waals surface area (Å²) in [6.07, 6.45) is 2.64. The Morgan fingerprint density at radius 1 is 1.06 bits per heavy atom. The van der Waals surface area contributed by atoms with Crippen LogP contribution in [0.1, 0.15) is 51.7 Å². The van der Waals surface area contributed by atoms with Gasteiger partial charge in [-0.2, -0.15) is 0 Å². The van der Waals surface area contributed by atoms with Crippen molar-refractivity contribution in [1.29, 1.82) is 0 Å². The Balaban J connectivity index is 0.00000363. The van der Waals surface area contributed by atoms with Crippen LogP contribution in [0.4, 0.5) is 0 Å². The number of hydrogen-bond donors (Lipinski definition) is 2. The zero-order valence-electron chi connectivity index (χ0n) is 20.4. The molecule has 2 fully saturated rings. The van der Waals surface area contributed by atoms with Crippen LogP contribution < -0.4 is 10.6 Å². The Morgan fingerprint density at radius 3 is 2.41 bits per heavy atom. The number of guanidine groups is 1. The molecule has 0 aromatic heterocycles. The van der Waals surface area contributed by atoms with Crippen molar-refractivity contribution in [2.75, 3.05) is 46.0 Å². The molecule has 2 unspecified atom stereocenters. The number of halogens is 1. The molecule has 0 radical (unpaired) electrons. The van der Waals surface area contributed by atoms with E-state index < -0.39 is 0 Å². The van der Waals surface area contributed by atoms with Gasteiger partial charge in [0.1, 0.15) is 0 Å². The van der Waals surface area contributed by atoms with E-state index in [9.17, 15) is 0 Å². The minimum absolute atomic E-state index is 0. The number of ether oxygens (including phenoxy) is 2. The van der Waals surface area contributed by atoms with E-state index in [1.165, 1.54) is 17.5 Å². The highest BCUT2D eigenvalue weighted by Crippen LogP contribution is 2.33. The monoisotopic (exact) mass is 558 g/mol. The van der Waals surface area contributed by atoms with Gasteiger partial charge in [0.2, 0.25) is 0 Å². The van der Waals surface area contributed by atoms with Crippen molar-refractivity contribution in [1.82, 2.24) is 15.5 Å². The van der Waals surface area contributed by atoms with Crippen molar-refractivity contribution < 1.29 is 9.47 Å². The van der Waals surface area contributed by atoms with Gasteiger partial charge in [0, 0.05) is 45.2 Å². The first-order chi connectivity index (χ1) is 15.0. The van der Waals surface area contributed by atoms with Crippen LogP contribution in [0.2, 0.25) is 0 Å². The molecule has 2 N–H and O–H groups in total. The lowest BCUT2D eigenvalue weighted by Crippen LogP contribution is -2.47. The van der Waals surface area contributed by atoms with Gasteiger partial charge in [0.25, 0.3) is 0 Å². The summed E-state index contributed by atoms with van der Waals surface area (Å²) in [5.41, 5.74) is 2.74. The van der Waals surface area contributed by atoms with Gasteiger partial charge >= 0.3 is 0 Å². The molecule has 2 atom stereocenters. The Bertz CT molecular complexity index is 684. The Labute approximate surface area is 211 Å². The van der Waals surface area contributed by atoms with Gasteiger partial charge in [-0.15, -0.1) is 24.0 Å². The van der Waals surface area contributed by atoms with E-state index in [-0.39, 0.29) is 35.5 Å². The molecule has 2 heterocycles. The molecular formula is C25H43IN4O2. The number of rotatable bonds is 7. The van der Waals surface area contributed by atoms with Crippen LogP contribution in [0.5, 0.6) is 0 Å². The molecule has 2 aliphatic heterocycles. The number of nitrogens with one attached hydrogen (secondary N) is 2. The predicted octanol–water partition coefficient (Wildman–Crippen LogP) is 4.03. The molecule has 32 heavy (non-hydrogen) atoms. The van der Waals surface area contributed by atoms with Gasteiger partial charge in [0.05, 0.1) is 25.9 Å².